The minimum atomic E-state index is -0.474. The fraction of sp³-hybridized carbons (Fsp3) is 0.188. The van der Waals surface area contributed by atoms with Gasteiger partial charge in [0, 0.05) is 24.3 Å². The lowest BCUT2D eigenvalue weighted by Gasteiger charge is -2.04. The summed E-state index contributed by atoms with van der Waals surface area (Å²) < 4.78 is 7.17. The summed E-state index contributed by atoms with van der Waals surface area (Å²) in [6, 6.07) is 8.96. The molecule has 24 heavy (non-hydrogen) atoms. The lowest BCUT2D eigenvalue weighted by Crippen LogP contribution is -2.28. The quantitative estimate of drug-likeness (QED) is 0.476. The Bertz CT molecular complexity index is 766. The Kier molecular flexibility index (Phi) is 5.97. The number of nitrogens with one attached hydrogen (secondary N) is 1. The molecular weight excluding hydrogens is 332 g/mol. The molecule has 0 radical (unpaired) electrons. The van der Waals surface area contributed by atoms with Crippen molar-refractivity contribution in [2.75, 3.05) is 13.7 Å². The lowest BCUT2D eigenvalue weighted by atomic mass is 10.1. The zero-order valence-electron chi connectivity index (χ0n) is 13.2. The van der Waals surface area contributed by atoms with Crippen LogP contribution in [0.15, 0.2) is 53.3 Å². The van der Waals surface area contributed by atoms with E-state index in [1.165, 1.54) is 7.05 Å². The third-order valence-electron chi connectivity index (χ3n) is 3.19. The third kappa shape index (κ3) is 4.36. The van der Waals surface area contributed by atoms with E-state index in [1.54, 1.807) is 42.1 Å². The van der Waals surface area contributed by atoms with Crippen LogP contribution in [0.3, 0.4) is 0 Å². The summed E-state index contributed by atoms with van der Waals surface area (Å²) in [7, 11) is 1.46. The van der Waals surface area contributed by atoms with Crippen LogP contribution in [0, 0.1) is 0 Å². The zero-order valence-corrected chi connectivity index (χ0v) is 14.0. The number of nitrogens with zero attached hydrogens (tertiary/aromatic N) is 3. The normalized spacial score (nSPS) is 12.1. The summed E-state index contributed by atoms with van der Waals surface area (Å²) in [4.78, 5) is 11.5. The van der Waals surface area contributed by atoms with Gasteiger partial charge in [0.05, 0.1) is 5.69 Å². The molecular formula is C16H17ClN4O3. The van der Waals surface area contributed by atoms with Crippen LogP contribution in [0.1, 0.15) is 6.92 Å². The predicted molar refractivity (Wildman–Crippen MR) is 91.1 cm³/mol. The number of ether oxygens (including phenoxy) is 1. The highest BCUT2D eigenvalue weighted by Gasteiger charge is 2.12. The SMILES string of the molecule is CNC(=O)C(=N/O)/C(C)=C\COc1ccn(-c2ccc(Cl)cc2)n1. The third-order valence-corrected chi connectivity index (χ3v) is 3.44. The van der Waals surface area contributed by atoms with Crippen molar-refractivity contribution in [2.45, 2.75) is 6.92 Å². The molecule has 8 heteroatoms. The van der Waals surface area contributed by atoms with Crippen LogP contribution in [0.2, 0.25) is 5.02 Å². The maximum Gasteiger partial charge on any atom is 0.273 e. The molecule has 1 amide bonds. The molecule has 7 nitrogen and oxygen atoms in total. The van der Waals surface area contributed by atoms with Crippen molar-refractivity contribution in [3.8, 4) is 11.6 Å². The van der Waals surface area contributed by atoms with Gasteiger partial charge < -0.3 is 15.3 Å². The van der Waals surface area contributed by atoms with Crippen molar-refractivity contribution >= 4 is 23.2 Å². The highest BCUT2D eigenvalue weighted by atomic mass is 35.5. The van der Waals surface area contributed by atoms with Gasteiger partial charge in [-0.15, -0.1) is 5.10 Å². The van der Waals surface area contributed by atoms with Crippen LogP contribution in [0.4, 0.5) is 0 Å². The Morgan fingerprint density at radius 2 is 2.12 bits per heavy atom. The molecule has 1 aromatic carbocycles. The average molecular weight is 349 g/mol. The Labute approximate surface area is 144 Å². The van der Waals surface area contributed by atoms with Crippen molar-refractivity contribution in [1.29, 1.82) is 0 Å². The van der Waals surface area contributed by atoms with Gasteiger partial charge >= 0.3 is 0 Å². The van der Waals surface area contributed by atoms with Gasteiger partial charge in [-0.05, 0) is 42.8 Å². The average Bonchev–Trinajstić information content (AvgIpc) is 3.04. The summed E-state index contributed by atoms with van der Waals surface area (Å²) in [5, 5.41) is 19.2. The minimum Gasteiger partial charge on any atom is -0.472 e. The van der Waals surface area contributed by atoms with Gasteiger partial charge in [0.1, 0.15) is 6.61 Å². The molecule has 126 valence electrons. The fourth-order valence-electron chi connectivity index (χ4n) is 1.89. The summed E-state index contributed by atoms with van der Waals surface area (Å²) in [5.41, 5.74) is 1.29. The lowest BCUT2D eigenvalue weighted by molar-refractivity contribution is -0.114. The molecule has 2 rings (SSSR count). The molecule has 0 aliphatic rings. The van der Waals surface area contributed by atoms with Gasteiger partial charge in [0.2, 0.25) is 5.88 Å². The topological polar surface area (TPSA) is 88.7 Å². The number of aromatic nitrogens is 2. The van der Waals surface area contributed by atoms with E-state index >= 15 is 0 Å². The molecule has 0 spiro atoms. The smallest absolute Gasteiger partial charge is 0.273 e. The molecule has 1 aromatic heterocycles. The molecule has 0 aliphatic heterocycles. The van der Waals surface area contributed by atoms with Gasteiger partial charge in [0.15, 0.2) is 5.71 Å². The molecule has 1 heterocycles. The van der Waals surface area contributed by atoms with E-state index in [2.05, 4.69) is 15.6 Å². The van der Waals surface area contributed by atoms with Crippen LogP contribution >= 0.6 is 11.6 Å². The highest BCUT2D eigenvalue weighted by Crippen LogP contribution is 2.15. The van der Waals surface area contributed by atoms with Crippen molar-refractivity contribution < 1.29 is 14.7 Å². The number of rotatable bonds is 6. The molecule has 0 aliphatic carbocycles. The first-order valence-corrected chi connectivity index (χ1v) is 7.48. The Morgan fingerprint density at radius 3 is 2.75 bits per heavy atom. The fourth-order valence-corrected chi connectivity index (χ4v) is 2.02. The second kappa shape index (κ2) is 8.16. The van der Waals surface area contributed by atoms with E-state index in [9.17, 15) is 4.79 Å². The number of halogens is 1. The van der Waals surface area contributed by atoms with E-state index in [1.807, 2.05) is 12.1 Å². The Balaban J connectivity index is 1.99. The number of benzene rings is 1. The summed E-state index contributed by atoms with van der Waals surface area (Å²) in [6.07, 6.45) is 3.39. The molecule has 0 saturated heterocycles. The number of carbonyl (C=O) groups excluding carboxylic acids is 1. The predicted octanol–water partition coefficient (Wildman–Crippen LogP) is 2.43. The van der Waals surface area contributed by atoms with E-state index in [0.717, 1.165) is 5.69 Å². The van der Waals surface area contributed by atoms with E-state index in [-0.39, 0.29) is 12.3 Å². The standard InChI is InChI=1S/C16H17ClN4O3/c1-11(15(20-23)16(22)18-2)8-10-24-14-7-9-21(19-14)13-5-3-12(17)4-6-13/h3-9,23H,10H2,1-2H3,(H,18,22)/b11-8-,20-15+. The van der Waals surface area contributed by atoms with E-state index in [4.69, 9.17) is 21.5 Å². The molecule has 0 saturated carbocycles. The molecule has 0 bridgehead atoms. The molecule has 2 N–H and O–H groups in total. The molecule has 2 aromatic rings. The van der Waals surface area contributed by atoms with Crippen LogP contribution in [-0.2, 0) is 4.79 Å². The summed E-state index contributed by atoms with van der Waals surface area (Å²) in [6.45, 7) is 1.83. The van der Waals surface area contributed by atoms with Gasteiger partial charge in [0.25, 0.3) is 5.91 Å². The van der Waals surface area contributed by atoms with Gasteiger partial charge in [-0.3, -0.25) is 4.79 Å². The van der Waals surface area contributed by atoms with Gasteiger partial charge in [-0.2, -0.15) is 0 Å². The van der Waals surface area contributed by atoms with Crippen molar-refractivity contribution in [2.24, 2.45) is 5.16 Å². The number of amides is 1. The Hall–Kier alpha value is -2.80. The van der Waals surface area contributed by atoms with Crippen molar-refractivity contribution in [3.05, 3.63) is 53.2 Å². The van der Waals surface area contributed by atoms with Crippen molar-refractivity contribution in [1.82, 2.24) is 15.1 Å². The van der Waals surface area contributed by atoms with E-state index in [0.29, 0.717) is 16.5 Å². The molecule has 0 unspecified atom stereocenters. The minimum absolute atomic E-state index is 0.0622. The first kappa shape index (κ1) is 17.6. The monoisotopic (exact) mass is 348 g/mol. The van der Waals surface area contributed by atoms with Crippen LogP contribution in [-0.4, -0.2) is 40.3 Å². The second-order valence-corrected chi connectivity index (χ2v) is 5.24. The summed E-state index contributed by atoms with van der Waals surface area (Å²) in [5.74, 6) is -0.0466. The maximum absolute atomic E-state index is 11.5. The highest BCUT2D eigenvalue weighted by molar-refractivity contribution is 6.44. The number of oxime groups is 1. The summed E-state index contributed by atoms with van der Waals surface area (Å²) >= 11 is 5.86. The van der Waals surface area contributed by atoms with Gasteiger partial charge in [-0.25, -0.2) is 4.68 Å². The number of hydrogen-bond donors (Lipinski definition) is 2. The number of hydrogen-bond acceptors (Lipinski definition) is 5. The number of carbonyl (C=O) groups is 1. The second-order valence-electron chi connectivity index (χ2n) is 4.80. The largest absolute Gasteiger partial charge is 0.472 e. The first-order valence-electron chi connectivity index (χ1n) is 7.11. The van der Waals surface area contributed by atoms with Crippen LogP contribution in [0.25, 0.3) is 5.69 Å². The van der Waals surface area contributed by atoms with Gasteiger partial charge in [-0.1, -0.05) is 16.8 Å². The Morgan fingerprint density at radius 1 is 1.42 bits per heavy atom. The molecule has 0 fully saturated rings. The first-order chi connectivity index (χ1) is 11.5. The van der Waals surface area contributed by atoms with Crippen molar-refractivity contribution in [3.63, 3.8) is 0 Å². The molecule has 0 atom stereocenters. The zero-order chi connectivity index (χ0) is 17.5. The van der Waals surface area contributed by atoms with E-state index < -0.39 is 5.91 Å². The van der Waals surface area contributed by atoms with Crippen LogP contribution < -0.4 is 10.1 Å². The van der Waals surface area contributed by atoms with Crippen LogP contribution in [0.5, 0.6) is 5.88 Å². The maximum atomic E-state index is 11.5.